The summed E-state index contributed by atoms with van der Waals surface area (Å²) in [5, 5.41) is 0. The Balaban J connectivity index is 1.17. The Morgan fingerprint density at radius 3 is 2.42 bits per heavy atom. The van der Waals surface area contributed by atoms with Crippen molar-refractivity contribution >= 4 is 16.7 Å². The number of ether oxygens (including phenoxy) is 2. The lowest BCUT2D eigenvalue weighted by Gasteiger charge is -2.48. The van der Waals surface area contributed by atoms with Gasteiger partial charge in [0.05, 0.1) is 23.8 Å². The molecule has 3 aliphatic heterocycles. The van der Waals surface area contributed by atoms with E-state index in [9.17, 15) is 0 Å². The molecular weight excluding hydrogens is 390 g/mol. The fourth-order valence-electron chi connectivity index (χ4n) is 5.19. The van der Waals surface area contributed by atoms with Gasteiger partial charge in [0.25, 0.3) is 0 Å². The normalized spacial score (nSPS) is 27.7. The molecule has 2 atom stereocenters. The quantitative estimate of drug-likeness (QED) is 0.628. The topological polar surface area (TPSA) is 73.3 Å². The maximum atomic E-state index is 6.54. The number of fused-ring (bicyclic) bond motifs is 3. The number of morpholine rings is 1. The fraction of sp³-hybridized carbons (Fsp3) is 0.500. The maximum absolute atomic E-state index is 6.54. The number of hydrogen-bond acceptors (Lipinski definition) is 7. The second kappa shape index (κ2) is 8.04. The van der Waals surface area contributed by atoms with Crippen LogP contribution in [0.25, 0.3) is 11.0 Å². The fourth-order valence-corrected chi connectivity index (χ4v) is 5.19. The smallest absolute Gasteiger partial charge is 0.149 e. The maximum Gasteiger partial charge on any atom is 0.149 e. The standard InChI is InChI=1S/C24H27N5O2/c1-6-26-23(27-7-1)10-16-2-4-18(5-3-16)31-22-12-17(11-21-24(22)28-9-8-25-21)29-14-19-13-20(15-29)30-19/h1,6-9,11-12,16,18-20H,2-5,10,13-15H2. The molecule has 5 heterocycles. The average Bonchev–Trinajstić information content (AvgIpc) is 2.81. The zero-order valence-electron chi connectivity index (χ0n) is 17.6. The molecule has 2 unspecified atom stereocenters. The van der Waals surface area contributed by atoms with Crippen LogP contribution in [0, 0.1) is 5.92 Å². The first kappa shape index (κ1) is 18.9. The highest BCUT2D eigenvalue weighted by Gasteiger charge is 2.38. The van der Waals surface area contributed by atoms with E-state index in [2.05, 4.69) is 37.0 Å². The van der Waals surface area contributed by atoms with E-state index in [0.29, 0.717) is 18.1 Å². The van der Waals surface area contributed by atoms with Gasteiger partial charge in [-0.05, 0) is 43.7 Å². The SMILES string of the molecule is c1cnc(CC2CCC(Oc3cc(N4CC5CC(C4)O5)cc4nccnc34)CC2)nc1. The molecule has 7 nitrogen and oxygen atoms in total. The van der Waals surface area contributed by atoms with Gasteiger partial charge in [0, 0.05) is 62.5 Å². The third-order valence-electron chi connectivity index (χ3n) is 6.83. The van der Waals surface area contributed by atoms with Crippen LogP contribution in [0.2, 0.25) is 0 Å². The zero-order valence-corrected chi connectivity index (χ0v) is 17.6. The molecular formula is C24H27N5O2. The van der Waals surface area contributed by atoms with Crippen molar-refractivity contribution < 1.29 is 9.47 Å². The molecule has 0 spiro atoms. The van der Waals surface area contributed by atoms with Gasteiger partial charge in [0.15, 0.2) is 0 Å². The Morgan fingerprint density at radius 2 is 1.65 bits per heavy atom. The summed E-state index contributed by atoms with van der Waals surface area (Å²) in [4.78, 5) is 20.3. The molecule has 31 heavy (non-hydrogen) atoms. The third kappa shape index (κ3) is 3.94. The van der Waals surface area contributed by atoms with Gasteiger partial charge in [-0.1, -0.05) is 0 Å². The summed E-state index contributed by atoms with van der Waals surface area (Å²) < 4.78 is 12.4. The van der Waals surface area contributed by atoms with Crippen molar-refractivity contribution in [1.82, 2.24) is 19.9 Å². The summed E-state index contributed by atoms with van der Waals surface area (Å²) in [6, 6.07) is 6.16. The second-order valence-corrected chi connectivity index (χ2v) is 9.02. The van der Waals surface area contributed by atoms with Crippen molar-refractivity contribution in [2.45, 2.75) is 56.8 Å². The first-order chi connectivity index (χ1) is 15.3. The number of benzene rings is 1. The van der Waals surface area contributed by atoms with Crippen molar-refractivity contribution in [3.05, 3.63) is 48.8 Å². The Labute approximate surface area is 181 Å². The van der Waals surface area contributed by atoms with Gasteiger partial charge in [-0.3, -0.25) is 4.98 Å². The van der Waals surface area contributed by atoms with E-state index in [4.69, 9.17) is 9.47 Å². The average molecular weight is 418 g/mol. The molecule has 0 amide bonds. The summed E-state index contributed by atoms with van der Waals surface area (Å²) in [7, 11) is 0. The van der Waals surface area contributed by atoms with E-state index in [1.54, 1.807) is 12.4 Å². The Morgan fingerprint density at radius 1 is 0.903 bits per heavy atom. The summed E-state index contributed by atoms with van der Waals surface area (Å²) >= 11 is 0. The van der Waals surface area contributed by atoms with Crippen LogP contribution in [0.15, 0.2) is 43.0 Å². The molecule has 7 rings (SSSR count). The van der Waals surface area contributed by atoms with Gasteiger partial charge in [0.2, 0.25) is 0 Å². The zero-order chi connectivity index (χ0) is 20.6. The molecule has 160 valence electrons. The van der Waals surface area contributed by atoms with Crippen LogP contribution in [-0.4, -0.2) is 51.3 Å². The lowest BCUT2D eigenvalue weighted by atomic mass is 9.85. The van der Waals surface area contributed by atoms with Crippen molar-refractivity contribution in [1.29, 1.82) is 0 Å². The summed E-state index contributed by atoms with van der Waals surface area (Å²) in [6.45, 7) is 1.88. The van der Waals surface area contributed by atoms with Gasteiger partial charge in [-0.15, -0.1) is 0 Å². The Hall–Kier alpha value is -2.80. The number of aromatic nitrogens is 4. The van der Waals surface area contributed by atoms with Crippen LogP contribution in [0.1, 0.15) is 37.9 Å². The molecule has 1 saturated carbocycles. The van der Waals surface area contributed by atoms with Crippen LogP contribution in [0.3, 0.4) is 0 Å². The molecule has 2 bridgehead atoms. The van der Waals surface area contributed by atoms with Crippen LogP contribution in [0.4, 0.5) is 5.69 Å². The predicted molar refractivity (Wildman–Crippen MR) is 117 cm³/mol. The number of piperidine rings is 1. The molecule has 4 fully saturated rings. The number of rotatable bonds is 5. The highest BCUT2D eigenvalue weighted by molar-refractivity contribution is 5.85. The van der Waals surface area contributed by atoms with E-state index in [1.807, 2.05) is 18.5 Å². The Kier molecular flexibility index (Phi) is 4.91. The second-order valence-electron chi connectivity index (χ2n) is 9.02. The summed E-state index contributed by atoms with van der Waals surface area (Å²) in [5.74, 6) is 2.44. The highest BCUT2D eigenvalue weighted by atomic mass is 16.5. The van der Waals surface area contributed by atoms with E-state index >= 15 is 0 Å². The van der Waals surface area contributed by atoms with Crippen molar-refractivity contribution in [2.24, 2.45) is 5.92 Å². The van der Waals surface area contributed by atoms with E-state index in [-0.39, 0.29) is 6.10 Å². The van der Waals surface area contributed by atoms with Gasteiger partial charge in [-0.2, -0.15) is 0 Å². The summed E-state index contributed by atoms with van der Waals surface area (Å²) in [5.41, 5.74) is 2.91. The van der Waals surface area contributed by atoms with Gasteiger partial charge in [-0.25, -0.2) is 15.0 Å². The van der Waals surface area contributed by atoms with Crippen molar-refractivity contribution in [2.75, 3.05) is 18.0 Å². The number of hydrogen-bond donors (Lipinski definition) is 0. The monoisotopic (exact) mass is 417 g/mol. The Bertz CT molecular complexity index is 1040. The van der Waals surface area contributed by atoms with E-state index in [1.165, 1.54) is 6.42 Å². The van der Waals surface area contributed by atoms with Crippen LogP contribution < -0.4 is 9.64 Å². The van der Waals surface area contributed by atoms with Gasteiger partial charge < -0.3 is 14.4 Å². The molecule has 1 aliphatic carbocycles. The number of nitrogens with zero attached hydrogens (tertiary/aromatic N) is 5. The molecule has 2 aromatic heterocycles. The molecule has 4 aliphatic rings. The summed E-state index contributed by atoms with van der Waals surface area (Å²) in [6.07, 6.45) is 14.6. The predicted octanol–water partition coefficient (Wildman–Crippen LogP) is 3.58. The van der Waals surface area contributed by atoms with Crippen LogP contribution in [0.5, 0.6) is 5.75 Å². The van der Waals surface area contributed by atoms with E-state index in [0.717, 1.165) is 73.5 Å². The molecule has 1 aromatic carbocycles. The molecule has 7 heteroatoms. The number of anilines is 1. The minimum Gasteiger partial charge on any atom is -0.488 e. The highest BCUT2D eigenvalue weighted by Crippen LogP contribution is 2.37. The van der Waals surface area contributed by atoms with Crippen LogP contribution >= 0.6 is 0 Å². The molecule has 3 aromatic rings. The van der Waals surface area contributed by atoms with E-state index < -0.39 is 0 Å². The van der Waals surface area contributed by atoms with Crippen molar-refractivity contribution in [3.8, 4) is 5.75 Å². The van der Waals surface area contributed by atoms with Crippen LogP contribution in [-0.2, 0) is 11.2 Å². The van der Waals surface area contributed by atoms with Gasteiger partial charge in [0.1, 0.15) is 17.1 Å². The first-order valence-electron chi connectivity index (χ1n) is 11.4. The minimum absolute atomic E-state index is 0.214. The lowest BCUT2D eigenvalue weighted by molar-refractivity contribution is -0.133. The lowest BCUT2D eigenvalue weighted by Crippen LogP contribution is -2.57. The molecule has 0 radical (unpaired) electrons. The molecule has 3 saturated heterocycles. The largest absolute Gasteiger partial charge is 0.488 e. The molecule has 0 N–H and O–H groups in total. The minimum atomic E-state index is 0.214. The third-order valence-corrected chi connectivity index (χ3v) is 6.83. The van der Waals surface area contributed by atoms with Crippen molar-refractivity contribution in [3.63, 3.8) is 0 Å². The van der Waals surface area contributed by atoms with Gasteiger partial charge >= 0.3 is 0 Å². The first-order valence-corrected chi connectivity index (χ1v) is 11.4.